The van der Waals surface area contributed by atoms with Crippen LogP contribution in [0.3, 0.4) is 0 Å². The first-order valence-corrected chi connectivity index (χ1v) is 5.34. The molecule has 0 saturated carbocycles. The zero-order valence-corrected chi connectivity index (χ0v) is 10.1. The third kappa shape index (κ3) is 3.65. The number of benzene rings is 1. The lowest BCUT2D eigenvalue weighted by Crippen LogP contribution is -2.25. The number of ether oxygens (including phenoxy) is 1. The van der Waals surface area contributed by atoms with Gasteiger partial charge in [-0.15, -0.1) is 0 Å². The molecule has 0 aliphatic carbocycles. The molecule has 0 bridgehead atoms. The fourth-order valence-electron chi connectivity index (χ4n) is 1.55. The van der Waals surface area contributed by atoms with Gasteiger partial charge in [0.05, 0.1) is 5.60 Å². The molecule has 0 saturated heterocycles. The zero-order valence-electron chi connectivity index (χ0n) is 10.1. The smallest absolute Gasteiger partial charge is 0.0662 e. The summed E-state index contributed by atoms with van der Waals surface area (Å²) < 4.78 is 5.41. The average molecular weight is 207 g/mol. The third-order valence-corrected chi connectivity index (χ3v) is 2.66. The van der Waals surface area contributed by atoms with Crippen LogP contribution in [0.15, 0.2) is 24.3 Å². The molecule has 2 nitrogen and oxygen atoms in total. The molecule has 0 spiro atoms. The van der Waals surface area contributed by atoms with E-state index in [9.17, 15) is 0 Å². The number of nitrogens with two attached hydrogens (primary N) is 1. The van der Waals surface area contributed by atoms with Crippen molar-refractivity contribution >= 4 is 0 Å². The fourth-order valence-corrected chi connectivity index (χ4v) is 1.55. The van der Waals surface area contributed by atoms with E-state index >= 15 is 0 Å². The van der Waals surface area contributed by atoms with E-state index < -0.39 is 0 Å². The van der Waals surface area contributed by atoms with Crippen molar-refractivity contribution in [3.8, 4) is 0 Å². The van der Waals surface area contributed by atoms with Gasteiger partial charge in [-0.05, 0) is 31.9 Å². The van der Waals surface area contributed by atoms with Gasteiger partial charge in [0.1, 0.15) is 0 Å². The minimum absolute atomic E-state index is 0.0932. The van der Waals surface area contributed by atoms with E-state index in [0.29, 0.717) is 0 Å². The third-order valence-electron chi connectivity index (χ3n) is 2.66. The molecule has 0 amide bonds. The lowest BCUT2D eigenvalue weighted by atomic mass is 9.96. The Morgan fingerprint density at radius 3 is 2.60 bits per heavy atom. The lowest BCUT2D eigenvalue weighted by Gasteiger charge is -2.23. The SMILES string of the molecule is COC(C)(C)Cc1cccc(C(C)N)c1. The standard InChI is InChI=1S/C13H21NO/c1-10(14)12-7-5-6-11(8-12)9-13(2,3)15-4/h5-8,10H,9,14H2,1-4H3. The molecular formula is C13H21NO. The van der Waals surface area contributed by atoms with Crippen LogP contribution in [0.2, 0.25) is 0 Å². The summed E-state index contributed by atoms with van der Waals surface area (Å²) in [6, 6.07) is 8.49. The summed E-state index contributed by atoms with van der Waals surface area (Å²) in [7, 11) is 1.75. The van der Waals surface area contributed by atoms with E-state index in [4.69, 9.17) is 10.5 Å². The Bertz CT molecular complexity index is 318. The van der Waals surface area contributed by atoms with Gasteiger partial charge in [-0.1, -0.05) is 24.3 Å². The van der Waals surface area contributed by atoms with Crippen molar-refractivity contribution in [2.75, 3.05) is 7.11 Å². The molecule has 1 rings (SSSR count). The Morgan fingerprint density at radius 1 is 1.40 bits per heavy atom. The predicted octanol–water partition coefficient (Wildman–Crippen LogP) is 2.67. The van der Waals surface area contributed by atoms with Crippen molar-refractivity contribution in [2.24, 2.45) is 5.73 Å². The number of methoxy groups -OCH3 is 1. The number of hydrogen-bond donors (Lipinski definition) is 1. The highest BCUT2D eigenvalue weighted by Crippen LogP contribution is 2.18. The zero-order chi connectivity index (χ0) is 11.5. The molecule has 1 aromatic carbocycles. The van der Waals surface area contributed by atoms with Crippen LogP contribution < -0.4 is 5.73 Å². The van der Waals surface area contributed by atoms with Crippen LogP contribution in [0.4, 0.5) is 0 Å². The molecular weight excluding hydrogens is 186 g/mol. The van der Waals surface area contributed by atoms with Crippen LogP contribution in [-0.4, -0.2) is 12.7 Å². The van der Waals surface area contributed by atoms with Crippen molar-refractivity contribution in [1.29, 1.82) is 0 Å². The van der Waals surface area contributed by atoms with Crippen molar-refractivity contribution < 1.29 is 4.74 Å². The van der Waals surface area contributed by atoms with Gasteiger partial charge >= 0.3 is 0 Å². The van der Waals surface area contributed by atoms with Crippen molar-refractivity contribution in [3.63, 3.8) is 0 Å². The Morgan fingerprint density at radius 2 is 2.07 bits per heavy atom. The van der Waals surface area contributed by atoms with Gasteiger partial charge in [-0.3, -0.25) is 0 Å². The maximum Gasteiger partial charge on any atom is 0.0662 e. The second-order valence-corrected chi connectivity index (χ2v) is 4.67. The Labute approximate surface area is 92.4 Å². The molecule has 1 unspecified atom stereocenters. The summed E-state index contributed by atoms with van der Waals surface area (Å²) in [4.78, 5) is 0. The number of rotatable bonds is 4. The molecule has 2 heteroatoms. The highest BCUT2D eigenvalue weighted by atomic mass is 16.5. The summed E-state index contributed by atoms with van der Waals surface area (Å²) >= 11 is 0. The van der Waals surface area contributed by atoms with Crippen molar-refractivity contribution in [3.05, 3.63) is 35.4 Å². The Balaban J connectivity index is 2.82. The van der Waals surface area contributed by atoms with Crippen molar-refractivity contribution in [1.82, 2.24) is 0 Å². The van der Waals surface area contributed by atoms with Gasteiger partial charge in [0.2, 0.25) is 0 Å². The molecule has 0 aliphatic heterocycles. The molecule has 0 fully saturated rings. The van der Waals surface area contributed by atoms with E-state index in [1.807, 2.05) is 6.92 Å². The topological polar surface area (TPSA) is 35.2 Å². The Kier molecular flexibility index (Phi) is 3.89. The quantitative estimate of drug-likeness (QED) is 0.823. The molecule has 84 valence electrons. The summed E-state index contributed by atoms with van der Waals surface area (Å²) in [6.07, 6.45) is 0.907. The number of hydrogen-bond acceptors (Lipinski definition) is 2. The van der Waals surface area contributed by atoms with Gasteiger partial charge in [-0.2, -0.15) is 0 Å². The molecule has 15 heavy (non-hydrogen) atoms. The first-order valence-electron chi connectivity index (χ1n) is 5.34. The van der Waals surface area contributed by atoms with Crippen LogP contribution in [0.5, 0.6) is 0 Å². The molecule has 0 aromatic heterocycles. The monoisotopic (exact) mass is 207 g/mol. The van der Waals surface area contributed by atoms with E-state index in [1.165, 1.54) is 11.1 Å². The summed E-state index contributed by atoms with van der Waals surface area (Å²) in [6.45, 7) is 6.18. The summed E-state index contributed by atoms with van der Waals surface area (Å²) in [5.74, 6) is 0. The Hall–Kier alpha value is -0.860. The second-order valence-electron chi connectivity index (χ2n) is 4.67. The normalized spacial score (nSPS) is 13.9. The van der Waals surface area contributed by atoms with Crippen LogP contribution in [0, 0.1) is 0 Å². The second kappa shape index (κ2) is 4.77. The van der Waals surface area contributed by atoms with Crippen LogP contribution in [0.1, 0.15) is 37.9 Å². The van der Waals surface area contributed by atoms with Crippen LogP contribution >= 0.6 is 0 Å². The highest BCUT2D eigenvalue weighted by Gasteiger charge is 2.17. The average Bonchev–Trinajstić information content (AvgIpc) is 2.17. The van der Waals surface area contributed by atoms with Crippen LogP contribution in [0.25, 0.3) is 0 Å². The molecule has 2 N–H and O–H groups in total. The van der Waals surface area contributed by atoms with Gasteiger partial charge in [0, 0.05) is 19.6 Å². The largest absolute Gasteiger partial charge is 0.378 e. The first-order chi connectivity index (χ1) is 6.94. The molecule has 0 heterocycles. The van der Waals surface area contributed by atoms with Gasteiger partial charge < -0.3 is 10.5 Å². The summed E-state index contributed by atoms with van der Waals surface area (Å²) in [5.41, 5.74) is 8.19. The predicted molar refractivity (Wildman–Crippen MR) is 63.8 cm³/mol. The minimum Gasteiger partial charge on any atom is -0.378 e. The first kappa shape index (κ1) is 12.2. The molecule has 0 aliphatic rings. The van der Waals surface area contributed by atoms with E-state index in [1.54, 1.807) is 7.11 Å². The lowest BCUT2D eigenvalue weighted by molar-refractivity contribution is 0.0232. The molecule has 1 aromatic rings. The van der Waals surface area contributed by atoms with Gasteiger partial charge in [-0.25, -0.2) is 0 Å². The van der Waals surface area contributed by atoms with Gasteiger partial charge in [0.15, 0.2) is 0 Å². The summed E-state index contributed by atoms with van der Waals surface area (Å²) in [5, 5.41) is 0. The van der Waals surface area contributed by atoms with Gasteiger partial charge in [0.25, 0.3) is 0 Å². The maximum absolute atomic E-state index is 5.85. The molecule has 0 radical (unpaired) electrons. The van der Waals surface area contributed by atoms with Crippen molar-refractivity contribution in [2.45, 2.75) is 38.8 Å². The maximum atomic E-state index is 5.85. The van der Waals surface area contributed by atoms with E-state index in [2.05, 4.69) is 38.1 Å². The van der Waals surface area contributed by atoms with E-state index in [-0.39, 0.29) is 11.6 Å². The molecule has 1 atom stereocenters. The minimum atomic E-state index is -0.115. The highest BCUT2D eigenvalue weighted by molar-refractivity contribution is 5.26. The van der Waals surface area contributed by atoms with E-state index in [0.717, 1.165) is 6.42 Å². The van der Waals surface area contributed by atoms with Crippen LogP contribution in [-0.2, 0) is 11.2 Å². The fraction of sp³-hybridized carbons (Fsp3) is 0.538.